The number of ether oxygens (including phenoxy) is 2. The summed E-state index contributed by atoms with van der Waals surface area (Å²) >= 11 is 0. The maximum atomic E-state index is 13.6. The van der Waals surface area contributed by atoms with E-state index in [-0.39, 0.29) is 11.4 Å². The van der Waals surface area contributed by atoms with E-state index in [4.69, 9.17) is 14.5 Å². The van der Waals surface area contributed by atoms with E-state index < -0.39 is 17.7 Å². The maximum Gasteiger partial charge on any atom is 0.337 e. The van der Waals surface area contributed by atoms with Crippen LogP contribution in [0.3, 0.4) is 0 Å². The van der Waals surface area contributed by atoms with Crippen molar-refractivity contribution in [1.82, 2.24) is 10.3 Å². The highest BCUT2D eigenvalue weighted by Gasteiger charge is 2.37. The minimum Gasteiger partial charge on any atom is -0.479 e. The Hall–Kier alpha value is -3.59. The van der Waals surface area contributed by atoms with Crippen molar-refractivity contribution in [2.75, 3.05) is 24.6 Å². The second-order valence-electron chi connectivity index (χ2n) is 13.3. The zero-order chi connectivity index (χ0) is 32.9. The highest BCUT2D eigenvalue weighted by molar-refractivity contribution is 5.88. The molecule has 8 heteroatoms. The third-order valence-electron chi connectivity index (χ3n) is 8.35. The minimum absolute atomic E-state index is 0.197. The summed E-state index contributed by atoms with van der Waals surface area (Å²) in [7, 11) is 0. The van der Waals surface area contributed by atoms with Crippen LogP contribution >= 0.6 is 0 Å². The van der Waals surface area contributed by atoms with Crippen molar-refractivity contribution < 1.29 is 23.8 Å². The van der Waals surface area contributed by atoms with Crippen molar-refractivity contribution >= 4 is 11.7 Å². The van der Waals surface area contributed by atoms with E-state index in [0.29, 0.717) is 49.6 Å². The SMILES string of the molecule is C=CCOC1(C)CCN(c2c(-c3ccc(CNCc4ccc(F)c(C)c4)cc3)c(C)nc(C)c2C(OC(C)(C)C)C(=O)O)CC1. The zero-order valence-corrected chi connectivity index (χ0v) is 27.8. The lowest BCUT2D eigenvalue weighted by atomic mass is 9.89. The van der Waals surface area contributed by atoms with E-state index in [2.05, 4.69) is 48.0 Å². The van der Waals surface area contributed by atoms with Gasteiger partial charge in [0, 0.05) is 48.7 Å². The van der Waals surface area contributed by atoms with Crippen LogP contribution in [0.1, 0.15) is 80.3 Å². The molecule has 1 aromatic heterocycles. The molecule has 2 N–H and O–H groups in total. The standard InChI is InChI=1S/C37H48FN3O4/c1-9-20-44-37(8)16-18-41(19-17-37)33-31(25(3)40-26(4)32(33)34(35(42)43)45-36(5,6)7)29-13-10-27(11-14-29)22-39-23-28-12-15-30(38)24(2)21-28/h9-15,21,34,39H,1,16-20,22-23H2,2-8H3,(H,42,43). The normalized spacial score (nSPS) is 15.6. The number of aromatic nitrogens is 1. The molecule has 1 fully saturated rings. The Morgan fingerprint density at radius 1 is 1.09 bits per heavy atom. The molecule has 2 aromatic carbocycles. The molecular formula is C37H48FN3O4. The number of rotatable bonds is 12. The molecule has 0 amide bonds. The lowest BCUT2D eigenvalue weighted by Gasteiger charge is -2.42. The molecule has 0 spiro atoms. The van der Waals surface area contributed by atoms with Crippen LogP contribution in [-0.4, -0.2) is 47.0 Å². The summed E-state index contributed by atoms with van der Waals surface area (Å²) in [5.74, 6) is -1.24. The second-order valence-corrected chi connectivity index (χ2v) is 13.3. The summed E-state index contributed by atoms with van der Waals surface area (Å²) in [6.07, 6.45) is 2.16. The van der Waals surface area contributed by atoms with Gasteiger partial charge in [0.25, 0.3) is 0 Å². The summed E-state index contributed by atoms with van der Waals surface area (Å²) in [6.45, 7) is 20.3. The highest BCUT2D eigenvalue weighted by Crippen LogP contribution is 2.44. The van der Waals surface area contributed by atoms with E-state index in [9.17, 15) is 14.3 Å². The van der Waals surface area contributed by atoms with Crippen LogP contribution in [0.25, 0.3) is 11.1 Å². The number of carboxylic acid groups (broad SMARTS) is 1. The van der Waals surface area contributed by atoms with E-state index in [1.807, 2.05) is 40.7 Å². The average Bonchev–Trinajstić information content (AvgIpc) is 2.97. The van der Waals surface area contributed by atoms with Crippen LogP contribution in [0.2, 0.25) is 0 Å². The topological polar surface area (TPSA) is 83.9 Å². The van der Waals surface area contributed by atoms with Gasteiger partial charge in [-0.2, -0.15) is 0 Å². The number of nitrogens with zero attached hydrogens (tertiary/aromatic N) is 2. The molecular weight excluding hydrogens is 569 g/mol. The van der Waals surface area contributed by atoms with Gasteiger partial charge in [-0.1, -0.05) is 42.5 Å². The highest BCUT2D eigenvalue weighted by atomic mass is 19.1. The maximum absolute atomic E-state index is 13.6. The fourth-order valence-corrected chi connectivity index (χ4v) is 5.98. The van der Waals surface area contributed by atoms with Crippen LogP contribution in [0, 0.1) is 26.6 Å². The molecule has 4 rings (SSSR count). The molecule has 242 valence electrons. The molecule has 1 unspecified atom stereocenters. The molecule has 1 atom stereocenters. The molecule has 1 aliphatic rings. The van der Waals surface area contributed by atoms with Crippen molar-refractivity contribution in [1.29, 1.82) is 0 Å². The summed E-state index contributed by atoms with van der Waals surface area (Å²) in [5.41, 5.74) is 6.62. The van der Waals surface area contributed by atoms with Crippen LogP contribution in [0.15, 0.2) is 55.1 Å². The Labute approximate surface area is 267 Å². The number of nitrogens with one attached hydrogen (secondary N) is 1. The van der Waals surface area contributed by atoms with Gasteiger partial charge in [0.1, 0.15) is 5.82 Å². The van der Waals surface area contributed by atoms with E-state index in [0.717, 1.165) is 46.5 Å². The number of carbonyl (C=O) groups is 1. The number of hydrogen-bond donors (Lipinski definition) is 2. The Bertz CT molecular complexity index is 1510. The van der Waals surface area contributed by atoms with Crippen molar-refractivity contribution in [3.8, 4) is 11.1 Å². The number of anilines is 1. The first-order valence-electron chi connectivity index (χ1n) is 15.7. The van der Waals surface area contributed by atoms with Crippen molar-refractivity contribution in [3.05, 3.63) is 94.6 Å². The van der Waals surface area contributed by atoms with Crippen LogP contribution in [0.4, 0.5) is 10.1 Å². The van der Waals surface area contributed by atoms with Gasteiger partial charge in [-0.25, -0.2) is 9.18 Å². The van der Waals surface area contributed by atoms with Crippen molar-refractivity contribution in [2.45, 2.75) is 91.7 Å². The molecule has 1 saturated heterocycles. The number of benzene rings is 2. The fourth-order valence-electron chi connectivity index (χ4n) is 5.98. The summed E-state index contributed by atoms with van der Waals surface area (Å²) in [4.78, 5) is 19.9. The Balaban J connectivity index is 1.70. The number of aliphatic carboxylic acids is 1. The van der Waals surface area contributed by atoms with Gasteiger partial charge >= 0.3 is 5.97 Å². The summed E-state index contributed by atoms with van der Waals surface area (Å²) in [5, 5.41) is 13.9. The second kappa shape index (κ2) is 14.2. The number of aryl methyl sites for hydroxylation is 3. The first-order chi connectivity index (χ1) is 21.2. The number of carboxylic acids is 1. The summed E-state index contributed by atoms with van der Waals surface area (Å²) < 4.78 is 26.0. The Morgan fingerprint density at radius 3 is 2.29 bits per heavy atom. The monoisotopic (exact) mass is 617 g/mol. The fraction of sp³-hybridized carbons (Fsp3) is 0.459. The van der Waals surface area contributed by atoms with Crippen molar-refractivity contribution in [2.24, 2.45) is 0 Å². The number of piperidine rings is 1. The third kappa shape index (κ3) is 8.57. The van der Waals surface area contributed by atoms with Crippen molar-refractivity contribution in [3.63, 3.8) is 0 Å². The van der Waals surface area contributed by atoms with E-state index in [1.165, 1.54) is 6.07 Å². The smallest absolute Gasteiger partial charge is 0.337 e. The Morgan fingerprint density at radius 2 is 1.71 bits per heavy atom. The van der Waals surface area contributed by atoms with Gasteiger partial charge in [0.2, 0.25) is 0 Å². The number of halogens is 1. The first kappa shape index (κ1) is 34.3. The molecule has 0 aliphatic carbocycles. The largest absolute Gasteiger partial charge is 0.479 e. The van der Waals surface area contributed by atoms with Crippen LogP contribution in [-0.2, 0) is 27.4 Å². The lowest BCUT2D eigenvalue weighted by Crippen LogP contribution is -2.45. The van der Waals surface area contributed by atoms with Gasteiger partial charge in [-0.15, -0.1) is 6.58 Å². The van der Waals surface area contributed by atoms with Gasteiger partial charge < -0.3 is 24.8 Å². The molecule has 2 heterocycles. The van der Waals surface area contributed by atoms with Crippen LogP contribution in [0.5, 0.6) is 0 Å². The third-order valence-corrected chi connectivity index (χ3v) is 8.35. The lowest BCUT2D eigenvalue weighted by molar-refractivity contribution is -0.160. The quantitative estimate of drug-likeness (QED) is 0.203. The molecule has 1 aliphatic heterocycles. The average molecular weight is 618 g/mol. The van der Waals surface area contributed by atoms with E-state index >= 15 is 0 Å². The van der Waals surface area contributed by atoms with Gasteiger partial charge in [0.05, 0.1) is 23.5 Å². The summed E-state index contributed by atoms with van der Waals surface area (Å²) in [6, 6.07) is 13.5. The molecule has 45 heavy (non-hydrogen) atoms. The molecule has 3 aromatic rings. The van der Waals surface area contributed by atoms with Gasteiger partial charge in [0.15, 0.2) is 6.10 Å². The first-order valence-corrected chi connectivity index (χ1v) is 15.7. The predicted molar refractivity (Wildman–Crippen MR) is 178 cm³/mol. The number of pyridine rings is 1. The predicted octanol–water partition coefficient (Wildman–Crippen LogP) is 7.61. The zero-order valence-electron chi connectivity index (χ0n) is 27.8. The molecule has 0 radical (unpaired) electrons. The molecule has 7 nitrogen and oxygen atoms in total. The Kier molecular flexibility index (Phi) is 10.8. The van der Waals surface area contributed by atoms with E-state index in [1.54, 1.807) is 19.1 Å². The molecule has 0 saturated carbocycles. The van der Waals surface area contributed by atoms with Gasteiger partial charge in [-0.05, 0) is 89.6 Å². The minimum atomic E-state index is -1.18. The molecule has 0 bridgehead atoms. The van der Waals surface area contributed by atoms with Crippen LogP contribution < -0.4 is 10.2 Å². The number of hydrogen-bond acceptors (Lipinski definition) is 6. The van der Waals surface area contributed by atoms with Gasteiger partial charge in [-0.3, -0.25) is 4.98 Å².